The molecule has 1 aliphatic carbocycles. The molecule has 136 valence electrons. The van der Waals surface area contributed by atoms with Crippen LogP contribution in [0.5, 0.6) is 0 Å². The van der Waals surface area contributed by atoms with Crippen LogP contribution in [0.15, 0.2) is 30.3 Å². The first-order valence-electron chi connectivity index (χ1n) is 9.34. The fourth-order valence-corrected chi connectivity index (χ4v) is 4.41. The van der Waals surface area contributed by atoms with Gasteiger partial charge in [-0.3, -0.25) is 14.5 Å². The minimum absolute atomic E-state index is 0.0950. The summed E-state index contributed by atoms with van der Waals surface area (Å²) in [6, 6.07) is 9.49. The molecule has 1 saturated heterocycles. The molecule has 25 heavy (non-hydrogen) atoms. The van der Waals surface area contributed by atoms with Gasteiger partial charge in [-0.2, -0.15) is 0 Å². The number of nitrogens with one attached hydrogen (secondary N) is 1. The number of amides is 1. The molecule has 5 nitrogen and oxygen atoms in total. The fourth-order valence-electron chi connectivity index (χ4n) is 4.41. The number of carboxylic acid groups (broad SMARTS) is 1. The molecule has 2 N–H and O–H groups in total. The van der Waals surface area contributed by atoms with Gasteiger partial charge in [-0.15, -0.1) is 0 Å². The molecule has 1 aromatic carbocycles. The van der Waals surface area contributed by atoms with Gasteiger partial charge in [0.2, 0.25) is 5.91 Å². The molecule has 1 aliphatic heterocycles. The van der Waals surface area contributed by atoms with Crippen LogP contribution in [0.3, 0.4) is 0 Å². The fraction of sp³-hybridized carbons (Fsp3) is 0.600. The Balaban J connectivity index is 1.69. The van der Waals surface area contributed by atoms with Crippen molar-refractivity contribution in [1.29, 1.82) is 0 Å². The predicted octanol–water partition coefficient (Wildman–Crippen LogP) is 2.51. The third-order valence-corrected chi connectivity index (χ3v) is 5.76. The average Bonchev–Trinajstić information content (AvgIpc) is 3.24. The lowest BCUT2D eigenvalue weighted by molar-refractivity contribution is -0.142. The highest BCUT2D eigenvalue weighted by molar-refractivity contribution is 5.85. The Morgan fingerprint density at radius 3 is 2.52 bits per heavy atom. The molecule has 0 bridgehead atoms. The zero-order valence-electron chi connectivity index (χ0n) is 14.9. The van der Waals surface area contributed by atoms with Crippen molar-refractivity contribution < 1.29 is 14.7 Å². The van der Waals surface area contributed by atoms with Gasteiger partial charge in [-0.1, -0.05) is 56.0 Å². The standard InChI is InChI=1S/C20H28N2O3/c1-14(20(24)25)21-19(23)18-13-22(11-15-7-3-2-4-8-15)12-17(18)16-9-5-6-10-16/h2-4,7-8,14,16-18H,5-6,9-13H2,1H3,(H,21,23)(H,24,25)/t14-,17+,18-/m1/s1. The van der Waals surface area contributed by atoms with Crippen LogP contribution in [0.1, 0.15) is 38.2 Å². The lowest BCUT2D eigenvalue weighted by Crippen LogP contribution is -2.44. The molecule has 1 heterocycles. The van der Waals surface area contributed by atoms with Crippen molar-refractivity contribution in [2.24, 2.45) is 17.8 Å². The summed E-state index contributed by atoms with van der Waals surface area (Å²) in [7, 11) is 0. The summed E-state index contributed by atoms with van der Waals surface area (Å²) in [5, 5.41) is 11.8. The van der Waals surface area contributed by atoms with Gasteiger partial charge in [0.1, 0.15) is 6.04 Å². The number of aliphatic carboxylic acids is 1. The van der Waals surface area contributed by atoms with Crippen LogP contribution in [0.4, 0.5) is 0 Å². The van der Waals surface area contributed by atoms with E-state index < -0.39 is 12.0 Å². The molecule has 1 aromatic rings. The monoisotopic (exact) mass is 344 g/mol. The Labute approximate surface area is 149 Å². The summed E-state index contributed by atoms with van der Waals surface area (Å²) in [6.07, 6.45) is 4.89. The van der Waals surface area contributed by atoms with E-state index in [0.717, 1.165) is 13.1 Å². The Kier molecular flexibility index (Phi) is 5.74. The van der Waals surface area contributed by atoms with Crippen molar-refractivity contribution >= 4 is 11.9 Å². The molecule has 2 fully saturated rings. The van der Waals surface area contributed by atoms with E-state index in [1.165, 1.54) is 38.2 Å². The number of nitrogens with zero attached hydrogens (tertiary/aromatic N) is 1. The lowest BCUT2D eigenvalue weighted by atomic mass is 9.82. The van der Waals surface area contributed by atoms with E-state index in [2.05, 4.69) is 22.3 Å². The van der Waals surface area contributed by atoms with Crippen LogP contribution in [0.25, 0.3) is 0 Å². The highest BCUT2D eigenvalue weighted by Gasteiger charge is 2.42. The summed E-state index contributed by atoms with van der Waals surface area (Å²) >= 11 is 0. The van der Waals surface area contributed by atoms with Gasteiger partial charge in [0.25, 0.3) is 0 Å². The second-order valence-corrected chi connectivity index (χ2v) is 7.56. The molecule has 3 atom stereocenters. The van der Waals surface area contributed by atoms with Gasteiger partial charge < -0.3 is 10.4 Å². The number of rotatable bonds is 6. The maximum Gasteiger partial charge on any atom is 0.325 e. The van der Waals surface area contributed by atoms with Crippen molar-refractivity contribution in [3.63, 3.8) is 0 Å². The quantitative estimate of drug-likeness (QED) is 0.832. The Hall–Kier alpha value is -1.88. The third kappa shape index (κ3) is 4.40. The van der Waals surface area contributed by atoms with Crippen molar-refractivity contribution in [2.45, 2.75) is 45.2 Å². The van der Waals surface area contributed by atoms with Gasteiger partial charge >= 0.3 is 5.97 Å². The van der Waals surface area contributed by atoms with E-state index in [-0.39, 0.29) is 11.8 Å². The highest BCUT2D eigenvalue weighted by Crippen LogP contribution is 2.39. The van der Waals surface area contributed by atoms with Crippen molar-refractivity contribution in [1.82, 2.24) is 10.2 Å². The summed E-state index contributed by atoms with van der Waals surface area (Å²) in [6.45, 7) is 4.02. The van der Waals surface area contributed by atoms with Crippen LogP contribution in [0, 0.1) is 17.8 Å². The number of benzene rings is 1. The highest BCUT2D eigenvalue weighted by atomic mass is 16.4. The number of hydrogen-bond acceptors (Lipinski definition) is 3. The van der Waals surface area contributed by atoms with Crippen LogP contribution in [-0.4, -0.2) is 41.0 Å². The van der Waals surface area contributed by atoms with E-state index in [9.17, 15) is 9.59 Å². The summed E-state index contributed by atoms with van der Waals surface area (Å²) < 4.78 is 0. The number of hydrogen-bond donors (Lipinski definition) is 2. The molecule has 0 aromatic heterocycles. The van der Waals surface area contributed by atoms with Crippen LogP contribution in [-0.2, 0) is 16.1 Å². The van der Waals surface area contributed by atoms with E-state index in [1.807, 2.05) is 18.2 Å². The first-order valence-corrected chi connectivity index (χ1v) is 9.34. The molecule has 1 saturated carbocycles. The lowest BCUT2D eigenvalue weighted by Gasteiger charge is -2.24. The maximum absolute atomic E-state index is 12.7. The van der Waals surface area contributed by atoms with Crippen LogP contribution >= 0.6 is 0 Å². The number of carboxylic acids is 1. The zero-order valence-corrected chi connectivity index (χ0v) is 14.9. The first-order chi connectivity index (χ1) is 12.0. The van der Waals surface area contributed by atoms with E-state index in [4.69, 9.17) is 5.11 Å². The summed E-state index contributed by atoms with van der Waals surface area (Å²) in [5.74, 6) is -0.246. The second kappa shape index (κ2) is 8.00. The minimum Gasteiger partial charge on any atom is -0.480 e. The largest absolute Gasteiger partial charge is 0.480 e. The molecule has 0 radical (unpaired) electrons. The molecule has 0 unspecified atom stereocenters. The second-order valence-electron chi connectivity index (χ2n) is 7.56. The van der Waals surface area contributed by atoms with Gasteiger partial charge in [0.05, 0.1) is 5.92 Å². The number of carbonyl (C=O) groups is 2. The number of likely N-dealkylation sites (tertiary alicyclic amines) is 1. The minimum atomic E-state index is -0.982. The van der Waals surface area contributed by atoms with Gasteiger partial charge in [-0.05, 0) is 24.3 Å². The molecular weight excluding hydrogens is 316 g/mol. The molecule has 2 aliphatic rings. The van der Waals surface area contributed by atoms with E-state index >= 15 is 0 Å². The van der Waals surface area contributed by atoms with Crippen LogP contribution < -0.4 is 5.32 Å². The predicted molar refractivity (Wildman–Crippen MR) is 95.9 cm³/mol. The molecule has 0 spiro atoms. The van der Waals surface area contributed by atoms with Crippen molar-refractivity contribution in [3.05, 3.63) is 35.9 Å². The summed E-state index contributed by atoms with van der Waals surface area (Å²) in [4.78, 5) is 26.1. The Morgan fingerprint density at radius 2 is 1.88 bits per heavy atom. The van der Waals surface area contributed by atoms with E-state index in [1.54, 1.807) is 0 Å². The van der Waals surface area contributed by atoms with Gasteiger partial charge in [0, 0.05) is 19.6 Å². The van der Waals surface area contributed by atoms with Crippen LogP contribution in [0.2, 0.25) is 0 Å². The van der Waals surface area contributed by atoms with Crippen molar-refractivity contribution in [3.8, 4) is 0 Å². The Morgan fingerprint density at radius 1 is 1.20 bits per heavy atom. The molecular formula is C20H28N2O3. The molecule has 5 heteroatoms. The summed E-state index contributed by atoms with van der Waals surface area (Å²) in [5.41, 5.74) is 1.26. The zero-order chi connectivity index (χ0) is 17.8. The van der Waals surface area contributed by atoms with Gasteiger partial charge in [-0.25, -0.2) is 0 Å². The van der Waals surface area contributed by atoms with E-state index in [0.29, 0.717) is 18.4 Å². The average molecular weight is 344 g/mol. The number of carbonyl (C=O) groups excluding carboxylic acids is 1. The Bertz CT molecular complexity index is 598. The topological polar surface area (TPSA) is 69.6 Å². The maximum atomic E-state index is 12.7. The first kappa shape index (κ1) is 17.9. The molecule has 1 amide bonds. The smallest absolute Gasteiger partial charge is 0.325 e. The molecule has 3 rings (SSSR count). The normalized spacial score (nSPS) is 25.8. The van der Waals surface area contributed by atoms with Crippen molar-refractivity contribution in [2.75, 3.05) is 13.1 Å². The van der Waals surface area contributed by atoms with Gasteiger partial charge in [0.15, 0.2) is 0 Å². The third-order valence-electron chi connectivity index (χ3n) is 5.76. The SMILES string of the molecule is C[C@@H](NC(=O)[C@@H]1CN(Cc2ccccc2)C[C@H]1C1CCCC1)C(=O)O.